The maximum absolute atomic E-state index is 14.2. The maximum atomic E-state index is 14.2. The number of sulfonamides is 1. The van der Waals surface area contributed by atoms with Crippen LogP contribution in [0.3, 0.4) is 0 Å². The molecule has 11 heteroatoms. The number of amides is 1. The SMILES string of the molecule is CC(=O)NOc1ccc(S(=O)(=O)N(C)C)c2nc([C@H](CN3CC[C@H](O)C3)c3cccc(F)c3)ccc12. The molecule has 192 valence electrons. The molecule has 0 unspecified atom stereocenters. The van der Waals surface area contributed by atoms with E-state index >= 15 is 0 Å². The molecule has 1 aromatic heterocycles. The van der Waals surface area contributed by atoms with Crippen molar-refractivity contribution in [3.8, 4) is 5.75 Å². The molecule has 1 fully saturated rings. The lowest BCUT2D eigenvalue weighted by Gasteiger charge is -2.24. The number of likely N-dealkylation sites (tertiary alicyclic amines) is 1. The van der Waals surface area contributed by atoms with Crippen LogP contribution in [0.15, 0.2) is 53.4 Å². The molecule has 2 aromatic carbocycles. The molecule has 2 atom stereocenters. The maximum Gasteiger partial charge on any atom is 0.249 e. The van der Waals surface area contributed by atoms with E-state index in [9.17, 15) is 22.7 Å². The second kappa shape index (κ2) is 10.5. The average molecular weight is 517 g/mol. The van der Waals surface area contributed by atoms with Crippen molar-refractivity contribution < 1.29 is 27.5 Å². The van der Waals surface area contributed by atoms with Crippen molar-refractivity contribution >= 4 is 26.8 Å². The van der Waals surface area contributed by atoms with Gasteiger partial charge in [0.15, 0.2) is 5.75 Å². The summed E-state index contributed by atoms with van der Waals surface area (Å²) in [6.07, 6.45) is 0.226. The molecule has 1 saturated heterocycles. The Kier molecular flexibility index (Phi) is 7.55. The van der Waals surface area contributed by atoms with E-state index in [4.69, 9.17) is 9.82 Å². The Bertz CT molecular complexity index is 1380. The molecule has 4 rings (SSSR count). The van der Waals surface area contributed by atoms with Gasteiger partial charge in [-0.15, -0.1) is 0 Å². The predicted molar refractivity (Wildman–Crippen MR) is 132 cm³/mol. The van der Waals surface area contributed by atoms with E-state index in [1.807, 2.05) is 0 Å². The Morgan fingerprint density at radius 3 is 2.69 bits per heavy atom. The molecule has 3 aromatic rings. The highest BCUT2D eigenvalue weighted by Gasteiger charge is 2.28. The highest BCUT2D eigenvalue weighted by atomic mass is 32.2. The zero-order valence-corrected chi connectivity index (χ0v) is 21.1. The van der Waals surface area contributed by atoms with Crippen LogP contribution in [-0.2, 0) is 14.8 Å². The molecular formula is C25H29FN4O5S. The van der Waals surface area contributed by atoms with E-state index in [-0.39, 0.29) is 27.9 Å². The van der Waals surface area contributed by atoms with Gasteiger partial charge in [0.25, 0.3) is 0 Å². The van der Waals surface area contributed by atoms with Crippen molar-refractivity contribution in [3.63, 3.8) is 0 Å². The van der Waals surface area contributed by atoms with Gasteiger partial charge in [-0.25, -0.2) is 17.1 Å². The molecule has 1 aliphatic heterocycles. The van der Waals surface area contributed by atoms with Crippen LogP contribution in [0, 0.1) is 5.82 Å². The van der Waals surface area contributed by atoms with E-state index in [1.165, 1.54) is 45.3 Å². The number of β-amino-alcohol motifs (C(OH)–C–C–N with tert-alkyl or cyclic N) is 1. The molecule has 0 saturated carbocycles. The minimum atomic E-state index is -3.87. The summed E-state index contributed by atoms with van der Waals surface area (Å²) in [5.74, 6) is -0.953. The number of aliphatic hydroxyl groups is 1. The fourth-order valence-electron chi connectivity index (χ4n) is 4.33. The van der Waals surface area contributed by atoms with Gasteiger partial charge in [0.1, 0.15) is 10.7 Å². The number of nitrogens with one attached hydrogen (secondary N) is 1. The highest BCUT2D eigenvalue weighted by molar-refractivity contribution is 7.89. The van der Waals surface area contributed by atoms with Crippen molar-refractivity contribution in [1.82, 2.24) is 19.7 Å². The summed E-state index contributed by atoms with van der Waals surface area (Å²) < 4.78 is 41.5. The zero-order valence-electron chi connectivity index (χ0n) is 20.3. The van der Waals surface area contributed by atoms with Gasteiger partial charge in [-0.3, -0.25) is 14.7 Å². The summed E-state index contributed by atoms with van der Waals surface area (Å²) in [4.78, 5) is 23.6. The van der Waals surface area contributed by atoms with E-state index in [0.717, 1.165) is 4.31 Å². The Balaban J connectivity index is 1.88. The van der Waals surface area contributed by atoms with Crippen molar-refractivity contribution in [2.75, 3.05) is 33.7 Å². The topological polar surface area (TPSA) is 112 Å². The van der Waals surface area contributed by atoms with Crippen molar-refractivity contribution in [2.45, 2.75) is 30.3 Å². The standard InChI is InChI=1S/C25H29FN4O5S/c1-16(31)28-35-23-9-10-24(36(33,34)29(2)3)25-20(23)7-8-22(27-25)21(15-30-12-11-19(32)14-30)17-5-4-6-18(26)13-17/h4-10,13,19,21,32H,11-12,14-15H2,1-3H3,(H,28,31)/t19-,21+/m0/s1. The van der Waals surface area contributed by atoms with E-state index in [0.29, 0.717) is 42.7 Å². The van der Waals surface area contributed by atoms with Crippen LogP contribution < -0.4 is 10.3 Å². The van der Waals surface area contributed by atoms with Crippen LogP contribution in [0.5, 0.6) is 5.75 Å². The first-order valence-electron chi connectivity index (χ1n) is 11.5. The van der Waals surface area contributed by atoms with Gasteiger partial charge in [-0.1, -0.05) is 12.1 Å². The van der Waals surface area contributed by atoms with Crippen LogP contribution in [0.25, 0.3) is 10.9 Å². The predicted octanol–water partition coefficient (Wildman–Crippen LogP) is 2.25. The van der Waals surface area contributed by atoms with Gasteiger partial charge in [0.05, 0.1) is 11.6 Å². The summed E-state index contributed by atoms with van der Waals surface area (Å²) in [6.45, 7) is 2.95. The normalized spacial score (nSPS) is 17.4. The largest absolute Gasteiger partial charge is 0.392 e. The van der Waals surface area contributed by atoms with Crippen LogP contribution >= 0.6 is 0 Å². The number of hydroxylamine groups is 1. The van der Waals surface area contributed by atoms with Gasteiger partial charge in [0, 0.05) is 57.7 Å². The Morgan fingerprint density at radius 1 is 1.28 bits per heavy atom. The zero-order chi connectivity index (χ0) is 26.0. The number of benzene rings is 2. The van der Waals surface area contributed by atoms with Crippen LogP contribution in [-0.4, -0.2) is 73.5 Å². The minimum absolute atomic E-state index is 0.0193. The van der Waals surface area contributed by atoms with Gasteiger partial charge in [-0.05, 0) is 48.4 Å². The van der Waals surface area contributed by atoms with Gasteiger partial charge in [-0.2, -0.15) is 5.48 Å². The smallest absolute Gasteiger partial charge is 0.249 e. The lowest BCUT2D eigenvalue weighted by Crippen LogP contribution is -2.28. The Morgan fingerprint density at radius 2 is 2.06 bits per heavy atom. The Labute approximate surface area is 209 Å². The summed E-state index contributed by atoms with van der Waals surface area (Å²) in [7, 11) is -1.01. The third kappa shape index (κ3) is 5.49. The Hall–Kier alpha value is -3.12. The molecule has 0 aliphatic carbocycles. The average Bonchev–Trinajstić information content (AvgIpc) is 3.25. The molecule has 36 heavy (non-hydrogen) atoms. The lowest BCUT2D eigenvalue weighted by molar-refractivity contribution is -0.125. The minimum Gasteiger partial charge on any atom is -0.392 e. The third-order valence-corrected chi connectivity index (χ3v) is 8.01. The van der Waals surface area contributed by atoms with Crippen LogP contribution in [0.4, 0.5) is 4.39 Å². The number of carbonyl (C=O) groups is 1. The summed E-state index contributed by atoms with van der Waals surface area (Å²) >= 11 is 0. The number of aromatic nitrogens is 1. The number of aliphatic hydroxyl groups excluding tert-OH is 1. The number of halogens is 1. The molecule has 0 radical (unpaired) electrons. The first-order chi connectivity index (χ1) is 17.1. The van der Waals surface area contributed by atoms with Gasteiger partial charge in [0.2, 0.25) is 15.9 Å². The fourth-order valence-corrected chi connectivity index (χ4v) is 5.36. The van der Waals surface area contributed by atoms with E-state index in [1.54, 1.807) is 24.3 Å². The van der Waals surface area contributed by atoms with Crippen molar-refractivity contribution in [1.29, 1.82) is 0 Å². The first-order valence-corrected chi connectivity index (χ1v) is 13.0. The number of hydrogen-bond acceptors (Lipinski definition) is 7. The molecule has 9 nitrogen and oxygen atoms in total. The van der Waals surface area contributed by atoms with Gasteiger partial charge >= 0.3 is 0 Å². The van der Waals surface area contributed by atoms with E-state index in [2.05, 4.69) is 10.4 Å². The number of fused-ring (bicyclic) bond motifs is 1. The molecule has 0 bridgehead atoms. The number of carbonyl (C=O) groups excluding carboxylic acids is 1. The highest BCUT2D eigenvalue weighted by Crippen LogP contribution is 2.34. The van der Waals surface area contributed by atoms with Crippen LogP contribution in [0.2, 0.25) is 0 Å². The lowest BCUT2D eigenvalue weighted by atomic mass is 9.94. The van der Waals surface area contributed by atoms with E-state index < -0.39 is 22.0 Å². The number of hydrogen-bond donors (Lipinski definition) is 2. The quantitative estimate of drug-likeness (QED) is 0.442. The van der Waals surface area contributed by atoms with Crippen molar-refractivity contribution in [2.24, 2.45) is 0 Å². The van der Waals surface area contributed by atoms with Gasteiger partial charge < -0.3 is 9.94 Å². The first kappa shape index (κ1) is 26.0. The third-order valence-electron chi connectivity index (χ3n) is 6.16. The number of rotatable bonds is 8. The second-order valence-corrected chi connectivity index (χ2v) is 11.2. The molecular weight excluding hydrogens is 487 g/mol. The molecule has 2 N–H and O–H groups in total. The number of pyridine rings is 1. The fraction of sp³-hybridized carbons (Fsp3) is 0.360. The summed E-state index contributed by atoms with van der Waals surface area (Å²) in [5, 5.41) is 10.4. The molecule has 2 heterocycles. The second-order valence-electron chi connectivity index (χ2n) is 9.05. The summed E-state index contributed by atoms with van der Waals surface area (Å²) in [6, 6.07) is 12.5. The summed E-state index contributed by atoms with van der Waals surface area (Å²) in [5.41, 5.74) is 3.66. The molecule has 0 spiro atoms. The van der Waals surface area contributed by atoms with Crippen LogP contribution in [0.1, 0.15) is 30.5 Å². The van der Waals surface area contributed by atoms with Crippen molar-refractivity contribution in [3.05, 3.63) is 65.6 Å². The molecule has 1 aliphatic rings. The monoisotopic (exact) mass is 516 g/mol. The molecule has 1 amide bonds. The number of nitrogens with zero attached hydrogens (tertiary/aromatic N) is 3.